The van der Waals surface area contributed by atoms with Gasteiger partial charge in [-0.1, -0.05) is 32.1 Å². The predicted molar refractivity (Wildman–Crippen MR) is 140 cm³/mol. The Hall–Kier alpha value is -2.38. The fourth-order valence-corrected chi connectivity index (χ4v) is 8.02. The van der Waals surface area contributed by atoms with Crippen molar-refractivity contribution in [2.75, 3.05) is 13.1 Å². The van der Waals surface area contributed by atoms with E-state index in [4.69, 9.17) is 5.14 Å². The Morgan fingerprint density at radius 3 is 2.22 bits per heavy atom. The molecular weight excluding hydrogens is 520 g/mol. The molecule has 0 bridgehead atoms. The molecular formula is C24H30N4O5S3. The lowest BCUT2D eigenvalue weighted by Gasteiger charge is -2.34. The lowest BCUT2D eigenvalue weighted by molar-refractivity contribution is 0.0997. The van der Waals surface area contributed by atoms with Crippen molar-refractivity contribution in [1.29, 1.82) is 0 Å². The van der Waals surface area contributed by atoms with Gasteiger partial charge in [0.05, 0.1) is 20.0 Å². The molecule has 194 valence electrons. The Morgan fingerprint density at radius 2 is 1.64 bits per heavy atom. The second-order valence-electron chi connectivity index (χ2n) is 9.42. The van der Waals surface area contributed by atoms with Crippen LogP contribution in [0.25, 0.3) is 10.2 Å². The average Bonchev–Trinajstić information content (AvgIpc) is 3.14. The van der Waals surface area contributed by atoms with Crippen molar-refractivity contribution in [1.82, 2.24) is 8.87 Å². The van der Waals surface area contributed by atoms with Crippen molar-refractivity contribution < 1.29 is 21.6 Å². The lowest BCUT2D eigenvalue weighted by Crippen LogP contribution is -2.42. The van der Waals surface area contributed by atoms with E-state index in [-0.39, 0.29) is 15.4 Å². The van der Waals surface area contributed by atoms with Gasteiger partial charge in [0, 0.05) is 25.2 Å². The summed E-state index contributed by atoms with van der Waals surface area (Å²) >= 11 is 1.20. The maximum atomic E-state index is 13.1. The largest absolute Gasteiger partial charge is 0.316 e. The maximum absolute atomic E-state index is 13.1. The van der Waals surface area contributed by atoms with Gasteiger partial charge in [-0.25, -0.2) is 22.0 Å². The van der Waals surface area contributed by atoms with E-state index in [1.807, 2.05) is 11.5 Å². The van der Waals surface area contributed by atoms with Crippen LogP contribution in [-0.4, -0.2) is 44.7 Å². The first kappa shape index (κ1) is 26.7. The highest BCUT2D eigenvalue weighted by Crippen LogP contribution is 2.27. The molecule has 0 radical (unpaired) electrons. The quantitative estimate of drug-likeness (QED) is 0.504. The number of thiazole rings is 1. The Kier molecular flexibility index (Phi) is 7.54. The number of aromatic nitrogens is 1. The molecule has 0 spiro atoms. The molecule has 1 fully saturated rings. The normalized spacial score (nSPS) is 20.2. The van der Waals surface area contributed by atoms with Crippen molar-refractivity contribution in [3.8, 4) is 0 Å². The molecule has 4 rings (SSSR count). The second-order valence-corrected chi connectivity index (χ2v) is 13.9. The number of primary sulfonamides is 1. The van der Waals surface area contributed by atoms with Gasteiger partial charge in [-0.3, -0.25) is 4.79 Å². The number of carbonyl (C=O) groups excluding carboxylic acids is 1. The van der Waals surface area contributed by atoms with Gasteiger partial charge in [0.15, 0.2) is 4.80 Å². The number of nitrogens with two attached hydrogens (primary N) is 1. The minimum absolute atomic E-state index is 0.00735. The summed E-state index contributed by atoms with van der Waals surface area (Å²) < 4.78 is 53.8. The molecule has 2 unspecified atom stereocenters. The zero-order chi connectivity index (χ0) is 26.3. The third-order valence-electron chi connectivity index (χ3n) is 6.20. The number of rotatable bonds is 6. The SMILES string of the molecule is CCCn1c(=NC(=O)c2ccc(S(=O)(=O)N3CC(C)CC(C)C3)cc2)sc2cc(S(N)(=O)=O)ccc21. The first-order chi connectivity index (χ1) is 16.9. The van der Waals surface area contributed by atoms with Gasteiger partial charge in [0.2, 0.25) is 20.0 Å². The molecule has 0 aliphatic carbocycles. The molecule has 2 N–H and O–H groups in total. The van der Waals surface area contributed by atoms with Crippen LogP contribution in [0.4, 0.5) is 0 Å². The Bertz CT molecular complexity index is 1560. The van der Waals surface area contributed by atoms with E-state index in [1.165, 1.54) is 52.0 Å². The van der Waals surface area contributed by atoms with Crippen LogP contribution in [0.1, 0.15) is 44.0 Å². The third kappa shape index (κ3) is 5.47. The van der Waals surface area contributed by atoms with Gasteiger partial charge in [0.25, 0.3) is 5.91 Å². The summed E-state index contributed by atoms with van der Waals surface area (Å²) in [5.74, 6) is 0.0722. The van der Waals surface area contributed by atoms with Gasteiger partial charge >= 0.3 is 0 Å². The van der Waals surface area contributed by atoms with Crippen molar-refractivity contribution in [3.63, 3.8) is 0 Å². The summed E-state index contributed by atoms with van der Waals surface area (Å²) in [6, 6.07) is 10.4. The average molecular weight is 551 g/mol. The fourth-order valence-electron chi connectivity index (χ4n) is 4.63. The molecule has 1 aliphatic rings. The fraction of sp³-hybridized carbons (Fsp3) is 0.417. The number of sulfonamides is 2. The zero-order valence-corrected chi connectivity index (χ0v) is 22.9. The lowest BCUT2D eigenvalue weighted by atomic mass is 9.94. The number of piperidine rings is 1. The van der Waals surface area contributed by atoms with E-state index >= 15 is 0 Å². The minimum atomic E-state index is -3.86. The number of hydrogen-bond donors (Lipinski definition) is 1. The summed E-state index contributed by atoms with van der Waals surface area (Å²) in [5, 5.41) is 5.26. The van der Waals surface area contributed by atoms with Gasteiger partial charge < -0.3 is 4.57 Å². The molecule has 9 nitrogen and oxygen atoms in total. The zero-order valence-electron chi connectivity index (χ0n) is 20.4. The van der Waals surface area contributed by atoms with Crippen LogP contribution >= 0.6 is 11.3 Å². The van der Waals surface area contributed by atoms with Crippen molar-refractivity contribution in [2.45, 2.75) is 49.9 Å². The van der Waals surface area contributed by atoms with Crippen molar-refractivity contribution in [2.24, 2.45) is 22.0 Å². The highest BCUT2D eigenvalue weighted by Gasteiger charge is 2.31. The Labute approximate surface area is 215 Å². The monoisotopic (exact) mass is 550 g/mol. The molecule has 2 atom stereocenters. The number of nitrogens with zero attached hydrogens (tertiary/aromatic N) is 3. The van der Waals surface area contributed by atoms with Crippen LogP contribution in [0.5, 0.6) is 0 Å². The van der Waals surface area contributed by atoms with E-state index in [0.29, 0.717) is 41.0 Å². The molecule has 1 amide bonds. The van der Waals surface area contributed by atoms with Gasteiger partial charge in [-0.2, -0.15) is 9.30 Å². The highest BCUT2D eigenvalue weighted by molar-refractivity contribution is 7.89. The summed E-state index contributed by atoms with van der Waals surface area (Å²) in [6.45, 7) is 7.65. The first-order valence-corrected chi connectivity index (χ1v) is 15.6. The summed E-state index contributed by atoms with van der Waals surface area (Å²) in [5.41, 5.74) is 1.02. The second kappa shape index (κ2) is 10.2. The molecule has 1 saturated heterocycles. The van der Waals surface area contributed by atoms with Gasteiger partial charge in [0.1, 0.15) is 0 Å². The Balaban J connectivity index is 1.66. The molecule has 12 heteroatoms. The number of benzene rings is 2. The maximum Gasteiger partial charge on any atom is 0.279 e. The van der Waals surface area contributed by atoms with Crippen LogP contribution in [0.3, 0.4) is 0 Å². The molecule has 0 saturated carbocycles. The molecule has 2 heterocycles. The molecule has 36 heavy (non-hydrogen) atoms. The molecule has 1 aliphatic heterocycles. The summed E-state index contributed by atoms with van der Waals surface area (Å²) in [6.07, 6.45) is 1.78. The summed E-state index contributed by atoms with van der Waals surface area (Å²) in [7, 11) is -7.51. The standard InChI is InChI=1S/C24H30N4O5S3/c1-4-11-28-21-10-9-20(35(25,30)31)13-22(21)34-24(28)26-23(29)18-5-7-19(8-6-18)36(32,33)27-14-16(2)12-17(3)15-27/h5-10,13,16-17H,4,11-12,14-15H2,1-3H3,(H2,25,30,31). The van der Waals surface area contributed by atoms with E-state index in [9.17, 15) is 21.6 Å². The highest BCUT2D eigenvalue weighted by atomic mass is 32.2. The van der Waals surface area contributed by atoms with Gasteiger partial charge in [-0.05, 0) is 67.1 Å². The van der Waals surface area contributed by atoms with Crippen LogP contribution in [0.15, 0.2) is 57.2 Å². The van der Waals surface area contributed by atoms with Crippen LogP contribution < -0.4 is 9.94 Å². The number of amides is 1. The van der Waals surface area contributed by atoms with Crippen molar-refractivity contribution >= 4 is 47.5 Å². The first-order valence-electron chi connectivity index (χ1n) is 11.8. The van der Waals surface area contributed by atoms with Crippen LogP contribution in [-0.2, 0) is 26.6 Å². The number of hydrogen-bond acceptors (Lipinski definition) is 6. The smallest absolute Gasteiger partial charge is 0.279 e. The third-order valence-corrected chi connectivity index (χ3v) is 10.00. The van der Waals surface area contributed by atoms with Crippen LogP contribution in [0.2, 0.25) is 0 Å². The number of aryl methyl sites for hydroxylation is 1. The molecule has 2 aromatic carbocycles. The molecule has 1 aromatic heterocycles. The number of fused-ring (bicyclic) bond motifs is 1. The topological polar surface area (TPSA) is 132 Å². The van der Waals surface area contributed by atoms with Crippen molar-refractivity contribution in [3.05, 3.63) is 52.8 Å². The molecule has 3 aromatic rings. The van der Waals surface area contributed by atoms with E-state index in [2.05, 4.69) is 18.8 Å². The van der Waals surface area contributed by atoms with E-state index in [1.54, 1.807) is 6.07 Å². The number of carbonyl (C=O) groups is 1. The Morgan fingerprint density at radius 1 is 1.03 bits per heavy atom. The summed E-state index contributed by atoms with van der Waals surface area (Å²) in [4.78, 5) is 17.8. The van der Waals surface area contributed by atoms with Gasteiger partial charge in [-0.15, -0.1) is 0 Å². The van der Waals surface area contributed by atoms with E-state index in [0.717, 1.165) is 18.4 Å². The predicted octanol–water partition coefficient (Wildman–Crippen LogP) is 3.17. The minimum Gasteiger partial charge on any atom is -0.316 e. The van der Waals surface area contributed by atoms with E-state index < -0.39 is 26.0 Å². The van der Waals surface area contributed by atoms with Crippen LogP contribution in [0, 0.1) is 11.8 Å².